The lowest BCUT2D eigenvalue weighted by Gasteiger charge is -2.28. The molecule has 1 aliphatic rings. The summed E-state index contributed by atoms with van der Waals surface area (Å²) in [4.78, 5) is 12.7. The van der Waals surface area contributed by atoms with E-state index in [9.17, 15) is 18.0 Å². The van der Waals surface area contributed by atoms with Gasteiger partial charge in [0.25, 0.3) is 0 Å². The number of aryl methyl sites for hydroxylation is 1. The van der Waals surface area contributed by atoms with Gasteiger partial charge in [-0.05, 0) is 61.6 Å². The van der Waals surface area contributed by atoms with E-state index in [4.69, 9.17) is 14.2 Å². The maximum atomic E-state index is 15.1. The molecule has 202 valence electrons. The van der Waals surface area contributed by atoms with E-state index in [2.05, 4.69) is 6.92 Å². The van der Waals surface area contributed by atoms with E-state index in [0.717, 1.165) is 35.8 Å². The molecule has 1 saturated heterocycles. The third-order valence-corrected chi connectivity index (χ3v) is 6.62. The van der Waals surface area contributed by atoms with E-state index in [1.807, 2.05) is 31.2 Å². The summed E-state index contributed by atoms with van der Waals surface area (Å²) in [6.07, 6.45) is -3.23. The standard InChI is InChI=1S/C30H30F4O4/c1-3-4-17-36-23-12-9-20(10-13-23)22-11-15-26(37-18-22)29(35)38-25-16-14-24(21-7-5-19(2)6-8-21)28(31)27(25)30(32,33)34/h5-10,12-14,16,22,26H,3-4,11,15,17-18H2,1-2H3. The van der Waals surface area contributed by atoms with Crippen LogP contribution >= 0.6 is 0 Å². The maximum Gasteiger partial charge on any atom is 0.422 e. The van der Waals surface area contributed by atoms with Crippen molar-refractivity contribution in [3.8, 4) is 22.6 Å². The predicted molar refractivity (Wildman–Crippen MR) is 136 cm³/mol. The Morgan fingerprint density at radius 1 is 1.00 bits per heavy atom. The van der Waals surface area contributed by atoms with Crippen LogP contribution in [0.4, 0.5) is 17.6 Å². The second kappa shape index (κ2) is 12.0. The van der Waals surface area contributed by atoms with Crippen LogP contribution in [0.2, 0.25) is 0 Å². The third kappa shape index (κ3) is 6.54. The number of benzene rings is 3. The van der Waals surface area contributed by atoms with Gasteiger partial charge in [0.15, 0.2) is 6.10 Å². The van der Waals surface area contributed by atoms with Crippen LogP contribution in [0.5, 0.6) is 11.5 Å². The van der Waals surface area contributed by atoms with Gasteiger partial charge in [0.05, 0.1) is 13.2 Å². The van der Waals surface area contributed by atoms with Crippen molar-refractivity contribution in [3.63, 3.8) is 0 Å². The summed E-state index contributed by atoms with van der Waals surface area (Å²) in [6.45, 7) is 4.78. The number of carbonyl (C=O) groups excluding carboxylic acids is 1. The van der Waals surface area contributed by atoms with Crippen molar-refractivity contribution in [2.24, 2.45) is 0 Å². The lowest BCUT2D eigenvalue weighted by molar-refractivity contribution is -0.153. The number of carbonyl (C=O) groups is 1. The molecule has 3 aromatic rings. The zero-order chi connectivity index (χ0) is 27.3. The SMILES string of the molecule is CCCCOc1ccc(C2CCC(C(=O)Oc3ccc(-c4ccc(C)cc4)c(F)c3C(F)(F)F)OC2)cc1. The first-order valence-corrected chi connectivity index (χ1v) is 12.7. The summed E-state index contributed by atoms with van der Waals surface area (Å²) in [5.41, 5.74) is 0.361. The highest BCUT2D eigenvalue weighted by atomic mass is 19.4. The average Bonchev–Trinajstić information content (AvgIpc) is 2.89. The molecule has 0 radical (unpaired) electrons. The molecule has 0 spiro atoms. The van der Waals surface area contributed by atoms with Crippen LogP contribution < -0.4 is 9.47 Å². The van der Waals surface area contributed by atoms with Crippen LogP contribution in [0.3, 0.4) is 0 Å². The van der Waals surface area contributed by atoms with Crippen LogP contribution in [0.1, 0.15) is 55.2 Å². The Labute approximate surface area is 219 Å². The second-order valence-electron chi connectivity index (χ2n) is 9.45. The Kier molecular flexibility index (Phi) is 8.72. The Morgan fingerprint density at radius 2 is 1.71 bits per heavy atom. The molecule has 1 fully saturated rings. The molecule has 38 heavy (non-hydrogen) atoms. The number of alkyl halides is 3. The predicted octanol–water partition coefficient (Wildman–Crippen LogP) is 7.87. The number of hydrogen-bond acceptors (Lipinski definition) is 4. The lowest BCUT2D eigenvalue weighted by atomic mass is 9.91. The molecule has 0 aliphatic carbocycles. The number of unbranched alkanes of at least 4 members (excludes halogenated alkanes) is 1. The third-order valence-electron chi connectivity index (χ3n) is 6.62. The molecule has 0 bridgehead atoms. The molecular formula is C30H30F4O4. The van der Waals surface area contributed by atoms with Crippen LogP contribution in [-0.2, 0) is 15.7 Å². The Bertz CT molecular complexity index is 1230. The highest BCUT2D eigenvalue weighted by Gasteiger charge is 2.40. The Balaban J connectivity index is 1.42. The van der Waals surface area contributed by atoms with E-state index in [-0.39, 0.29) is 24.5 Å². The van der Waals surface area contributed by atoms with E-state index in [1.54, 1.807) is 24.3 Å². The molecule has 1 aliphatic heterocycles. The van der Waals surface area contributed by atoms with E-state index < -0.39 is 35.4 Å². The molecular weight excluding hydrogens is 500 g/mol. The molecule has 0 amide bonds. The molecule has 4 nitrogen and oxygen atoms in total. The van der Waals surface area contributed by atoms with Gasteiger partial charge < -0.3 is 14.2 Å². The zero-order valence-corrected chi connectivity index (χ0v) is 21.3. The summed E-state index contributed by atoms with van der Waals surface area (Å²) in [6, 6.07) is 16.3. The zero-order valence-electron chi connectivity index (χ0n) is 21.3. The monoisotopic (exact) mass is 530 g/mol. The normalized spacial score (nSPS) is 17.7. The molecule has 1 heterocycles. The second-order valence-corrected chi connectivity index (χ2v) is 9.45. The fourth-order valence-electron chi connectivity index (χ4n) is 4.41. The van der Waals surface area contributed by atoms with Crippen LogP contribution in [-0.4, -0.2) is 25.3 Å². The summed E-state index contributed by atoms with van der Waals surface area (Å²) in [5, 5.41) is 0. The van der Waals surface area contributed by atoms with E-state index in [1.165, 1.54) is 6.07 Å². The number of esters is 1. The van der Waals surface area contributed by atoms with Gasteiger partial charge in [-0.3, -0.25) is 0 Å². The minimum absolute atomic E-state index is 0.0284. The van der Waals surface area contributed by atoms with Crippen LogP contribution in [0, 0.1) is 12.7 Å². The summed E-state index contributed by atoms with van der Waals surface area (Å²) in [5.74, 6) is -2.53. The number of halogens is 4. The molecule has 2 atom stereocenters. The van der Waals surface area contributed by atoms with Gasteiger partial charge >= 0.3 is 12.1 Å². The molecule has 0 saturated carbocycles. The molecule has 0 aromatic heterocycles. The van der Waals surface area contributed by atoms with Crippen LogP contribution in [0.25, 0.3) is 11.1 Å². The summed E-state index contributed by atoms with van der Waals surface area (Å²) < 4.78 is 73.1. The van der Waals surface area contributed by atoms with E-state index >= 15 is 4.39 Å². The minimum atomic E-state index is -5.06. The van der Waals surface area contributed by atoms with Gasteiger partial charge in [0.2, 0.25) is 0 Å². The first-order valence-electron chi connectivity index (χ1n) is 12.7. The largest absolute Gasteiger partial charge is 0.494 e. The quantitative estimate of drug-likeness (QED) is 0.129. The average molecular weight is 531 g/mol. The highest BCUT2D eigenvalue weighted by Crippen LogP contribution is 2.42. The van der Waals surface area contributed by atoms with Crippen molar-refractivity contribution >= 4 is 5.97 Å². The first-order chi connectivity index (χ1) is 18.2. The molecule has 3 aromatic carbocycles. The van der Waals surface area contributed by atoms with Crippen molar-refractivity contribution in [2.75, 3.05) is 13.2 Å². The maximum absolute atomic E-state index is 15.1. The number of hydrogen-bond donors (Lipinski definition) is 0. The number of ether oxygens (including phenoxy) is 3. The first kappa shape index (κ1) is 27.6. The summed E-state index contributed by atoms with van der Waals surface area (Å²) >= 11 is 0. The molecule has 2 unspecified atom stereocenters. The van der Waals surface area contributed by atoms with Gasteiger partial charge in [-0.15, -0.1) is 0 Å². The van der Waals surface area contributed by atoms with Crippen LogP contribution in [0.15, 0.2) is 60.7 Å². The minimum Gasteiger partial charge on any atom is -0.494 e. The van der Waals surface area contributed by atoms with Gasteiger partial charge in [-0.1, -0.05) is 55.3 Å². The van der Waals surface area contributed by atoms with Crippen molar-refractivity contribution in [1.82, 2.24) is 0 Å². The lowest BCUT2D eigenvalue weighted by Crippen LogP contribution is -2.35. The van der Waals surface area contributed by atoms with Crippen molar-refractivity contribution in [2.45, 2.75) is 57.7 Å². The molecule has 4 rings (SSSR count). The van der Waals surface area contributed by atoms with Gasteiger partial charge in [0, 0.05) is 11.5 Å². The van der Waals surface area contributed by atoms with Crippen molar-refractivity contribution in [3.05, 3.63) is 83.2 Å². The fourth-order valence-corrected chi connectivity index (χ4v) is 4.41. The van der Waals surface area contributed by atoms with E-state index in [0.29, 0.717) is 18.6 Å². The Morgan fingerprint density at radius 3 is 2.32 bits per heavy atom. The highest BCUT2D eigenvalue weighted by molar-refractivity contribution is 5.78. The molecule has 8 heteroatoms. The number of rotatable bonds is 8. The Hall–Kier alpha value is -3.39. The van der Waals surface area contributed by atoms with Gasteiger partial charge in [-0.25, -0.2) is 9.18 Å². The topological polar surface area (TPSA) is 44.8 Å². The summed E-state index contributed by atoms with van der Waals surface area (Å²) in [7, 11) is 0. The van der Waals surface area contributed by atoms with Gasteiger partial charge in [-0.2, -0.15) is 13.2 Å². The van der Waals surface area contributed by atoms with Crippen molar-refractivity contribution in [1.29, 1.82) is 0 Å². The fraction of sp³-hybridized carbons (Fsp3) is 0.367. The van der Waals surface area contributed by atoms with Gasteiger partial charge in [0.1, 0.15) is 22.9 Å². The smallest absolute Gasteiger partial charge is 0.422 e. The molecule has 0 N–H and O–H groups in total. The van der Waals surface area contributed by atoms with Crippen molar-refractivity contribution < 1.29 is 36.6 Å².